The molecule has 160 valence electrons. The predicted molar refractivity (Wildman–Crippen MR) is 111 cm³/mol. The summed E-state index contributed by atoms with van der Waals surface area (Å²) in [6, 6.07) is 12.8. The summed E-state index contributed by atoms with van der Waals surface area (Å²) in [5.74, 6) is 3.14. The van der Waals surface area contributed by atoms with E-state index >= 15 is 0 Å². The summed E-state index contributed by atoms with van der Waals surface area (Å²) in [6.07, 6.45) is 1.78. The lowest BCUT2D eigenvalue weighted by molar-refractivity contribution is 0.0698. The molecule has 3 aromatic rings. The van der Waals surface area contributed by atoms with Crippen LogP contribution in [0.1, 0.15) is 41.9 Å². The highest BCUT2D eigenvalue weighted by Crippen LogP contribution is 2.36. The van der Waals surface area contributed by atoms with E-state index in [-0.39, 0.29) is 18.6 Å². The number of carbonyl (C=O) groups excluding carboxylic acids is 1. The average molecular weight is 421 g/mol. The molecule has 1 fully saturated rings. The van der Waals surface area contributed by atoms with Crippen LogP contribution in [0, 0.1) is 0 Å². The molecule has 3 heterocycles. The van der Waals surface area contributed by atoms with Crippen LogP contribution in [0.5, 0.6) is 17.2 Å². The highest BCUT2D eigenvalue weighted by atomic mass is 16.7. The molecule has 1 atom stereocenters. The molecule has 0 bridgehead atoms. The normalized spacial score (nSPS) is 17.6. The lowest BCUT2D eigenvalue weighted by Gasteiger charge is -2.31. The highest BCUT2D eigenvalue weighted by molar-refractivity contribution is 5.94. The fraction of sp³-hybridized carbons (Fsp3) is 0.348. The number of hydrogen-bond acceptors (Lipinski definition) is 7. The summed E-state index contributed by atoms with van der Waals surface area (Å²) < 4.78 is 22.2. The van der Waals surface area contributed by atoms with Gasteiger partial charge in [-0.05, 0) is 62.2 Å². The summed E-state index contributed by atoms with van der Waals surface area (Å²) in [6.45, 7) is 4.01. The Balaban J connectivity index is 1.29. The van der Waals surface area contributed by atoms with Crippen molar-refractivity contribution in [2.45, 2.75) is 25.7 Å². The maximum absolute atomic E-state index is 13.0. The van der Waals surface area contributed by atoms with Crippen LogP contribution in [-0.2, 0) is 0 Å². The first-order valence-electron chi connectivity index (χ1n) is 10.5. The van der Waals surface area contributed by atoms with Crippen molar-refractivity contribution in [2.24, 2.45) is 0 Å². The van der Waals surface area contributed by atoms with E-state index < -0.39 is 0 Å². The monoisotopic (exact) mass is 421 g/mol. The zero-order valence-corrected chi connectivity index (χ0v) is 17.2. The summed E-state index contributed by atoms with van der Waals surface area (Å²) in [5.41, 5.74) is 1.43. The summed E-state index contributed by atoms with van der Waals surface area (Å²) >= 11 is 0. The van der Waals surface area contributed by atoms with Gasteiger partial charge in [-0.15, -0.1) is 10.2 Å². The largest absolute Gasteiger partial charge is 0.494 e. The lowest BCUT2D eigenvalue weighted by Crippen LogP contribution is -2.39. The van der Waals surface area contributed by atoms with Gasteiger partial charge in [0.1, 0.15) is 5.75 Å². The molecule has 1 saturated heterocycles. The molecule has 0 spiro atoms. The third-order valence-electron chi connectivity index (χ3n) is 5.53. The maximum Gasteiger partial charge on any atom is 0.253 e. The zero-order chi connectivity index (χ0) is 21.2. The second-order valence-corrected chi connectivity index (χ2v) is 7.56. The van der Waals surface area contributed by atoms with Gasteiger partial charge >= 0.3 is 0 Å². The Morgan fingerprint density at radius 2 is 1.97 bits per heavy atom. The minimum Gasteiger partial charge on any atom is -0.494 e. The summed E-state index contributed by atoms with van der Waals surface area (Å²) in [4.78, 5) is 14.8. The molecule has 8 nitrogen and oxygen atoms in total. The SMILES string of the molecule is CCOc1ccc(C(=O)N2CCCC(c3nnc(-c4ccc5c(c4)OCO5)o3)C2)cc1. The third-order valence-corrected chi connectivity index (χ3v) is 5.53. The van der Waals surface area contributed by atoms with Gasteiger partial charge in [-0.1, -0.05) is 0 Å². The first-order valence-corrected chi connectivity index (χ1v) is 10.5. The van der Waals surface area contributed by atoms with Crippen molar-refractivity contribution >= 4 is 5.91 Å². The molecular weight excluding hydrogens is 398 g/mol. The van der Waals surface area contributed by atoms with Gasteiger partial charge in [-0.2, -0.15) is 0 Å². The molecule has 1 amide bonds. The minimum absolute atomic E-state index is 0.00302. The Hall–Kier alpha value is -3.55. The van der Waals surface area contributed by atoms with Crippen LogP contribution < -0.4 is 14.2 Å². The quantitative estimate of drug-likeness (QED) is 0.618. The molecule has 0 saturated carbocycles. The molecule has 8 heteroatoms. The molecule has 31 heavy (non-hydrogen) atoms. The Kier molecular flexibility index (Phi) is 5.19. The van der Waals surface area contributed by atoms with E-state index in [9.17, 15) is 4.79 Å². The summed E-state index contributed by atoms with van der Waals surface area (Å²) in [7, 11) is 0. The Morgan fingerprint density at radius 3 is 2.81 bits per heavy atom. The van der Waals surface area contributed by atoms with Crippen LogP contribution >= 0.6 is 0 Å². The van der Waals surface area contributed by atoms with Gasteiger partial charge in [0.15, 0.2) is 11.5 Å². The van der Waals surface area contributed by atoms with Crippen molar-refractivity contribution in [1.82, 2.24) is 15.1 Å². The van der Waals surface area contributed by atoms with Crippen LogP contribution in [-0.4, -0.2) is 47.5 Å². The van der Waals surface area contributed by atoms with E-state index in [0.717, 1.165) is 24.2 Å². The number of hydrogen-bond donors (Lipinski definition) is 0. The van der Waals surface area contributed by atoms with Crippen LogP contribution in [0.15, 0.2) is 46.9 Å². The van der Waals surface area contributed by atoms with Crippen LogP contribution in [0.2, 0.25) is 0 Å². The molecule has 5 rings (SSSR count). The topological polar surface area (TPSA) is 86.9 Å². The van der Waals surface area contributed by atoms with E-state index in [4.69, 9.17) is 18.6 Å². The zero-order valence-electron chi connectivity index (χ0n) is 17.2. The predicted octanol–water partition coefficient (Wildman–Crippen LogP) is 3.88. The number of rotatable bonds is 5. The van der Waals surface area contributed by atoms with E-state index in [1.807, 2.05) is 42.2 Å². The minimum atomic E-state index is 0.00302. The van der Waals surface area contributed by atoms with E-state index in [1.54, 1.807) is 12.1 Å². The number of amides is 1. The number of piperidine rings is 1. The van der Waals surface area contributed by atoms with Crippen LogP contribution in [0.4, 0.5) is 0 Å². The number of nitrogens with zero attached hydrogens (tertiary/aromatic N) is 3. The van der Waals surface area contributed by atoms with Gasteiger partial charge < -0.3 is 23.5 Å². The average Bonchev–Trinajstić information content (AvgIpc) is 3.49. The standard InChI is InChI=1S/C23H23N3O5/c1-2-28-18-8-5-15(6-9-18)23(27)26-11-3-4-17(13-26)22-25-24-21(31-22)16-7-10-19-20(12-16)30-14-29-19/h5-10,12,17H,2-4,11,13-14H2,1H3. The van der Waals surface area contributed by atoms with E-state index in [2.05, 4.69) is 10.2 Å². The van der Waals surface area contributed by atoms with Crippen molar-refractivity contribution in [3.63, 3.8) is 0 Å². The van der Waals surface area contributed by atoms with Gasteiger partial charge in [0, 0.05) is 24.2 Å². The van der Waals surface area contributed by atoms with Crippen molar-refractivity contribution < 1.29 is 23.4 Å². The molecular formula is C23H23N3O5. The molecule has 2 aliphatic heterocycles. The number of aromatic nitrogens is 2. The number of carbonyl (C=O) groups is 1. The van der Waals surface area contributed by atoms with Crippen molar-refractivity contribution in [2.75, 3.05) is 26.5 Å². The van der Waals surface area contributed by atoms with Gasteiger partial charge in [-0.3, -0.25) is 4.79 Å². The molecule has 0 aliphatic carbocycles. The number of benzene rings is 2. The number of likely N-dealkylation sites (tertiary alicyclic amines) is 1. The highest BCUT2D eigenvalue weighted by Gasteiger charge is 2.29. The first kappa shape index (κ1) is 19.4. The Labute approximate surface area is 179 Å². The van der Waals surface area contributed by atoms with E-state index in [1.165, 1.54) is 0 Å². The Bertz CT molecular complexity index is 1080. The molecule has 2 aromatic carbocycles. The third kappa shape index (κ3) is 3.93. The lowest BCUT2D eigenvalue weighted by atomic mass is 9.97. The second-order valence-electron chi connectivity index (χ2n) is 7.56. The molecule has 1 aromatic heterocycles. The molecule has 1 unspecified atom stereocenters. The summed E-state index contributed by atoms with van der Waals surface area (Å²) in [5, 5.41) is 8.48. The van der Waals surface area contributed by atoms with Gasteiger partial charge in [-0.25, -0.2) is 0 Å². The van der Waals surface area contributed by atoms with Crippen LogP contribution in [0.25, 0.3) is 11.5 Å². The van der Waals surface area contributed by atoms with Crippen LogP contribution in [0.3, 0.4) is 0 Å². The smallest absolute Gasteiger partial charge is 0.253 e. The second kappa shape index (κ2) is 8.29. The number of ether oxygens (including phenoxy) is 3. The van der Waals surface area contributed by atoms with Gasteiger partial charge in [0.25, 0.3) is 5.91 Å². The molecule has 0 radical (unpaired) electrons. The fourth-order valence-electron chi connectivity index (χ4n) is 3.95. The van der Waals surface area contributed by atoms with Crippen molar-refractivity contribution in [3.05, 3.63) is 53.9 Å². The van der Waals surface area contributed by atoms with Gasteiger partial charge in [0.2, 0.25) is 18.6 Å². The number of fused-ring (bicyclic) bond motifs is 1. The first-order chi connectivity index (χ1) is 15.2. The van der Waals surface area contributed by atoms with Gasteiger partial charge in [0.05, 0.1) is 12.5 Å². The Morgan fingerprint density at radius 1 is 1.13 bits per heavy atom. The fourth-order valence-corrected chi connectivity index (χ4v) is 3.95. The molecule has 2 aliphatic rings. The maximum atomic E-state index is 13.0. The van der Waals surface area contributed by atoms with Crippen molar-refractivity contribution in [3.8, 4) is 28.7 Å². The van der Waals surface area contributed by atoms with E-state index in [0.29, 0.717) is 48.5 Å². The molecule has 0 N–H and O–H groups in total. The van der Waals surface area contributed by atoms with Crippen molar-refractivity contribution in [1.29, 1.82) is 0 Å².